The molecule has 30 heavy (non-hydrogen) atoms. The molecule has 1 aliphatic heterocycles. The number of likely N-dealkylation sites (tertiary alicyclic amines) is 1. The lowest BCUT2D eigenvalue weighted by Crippen LogP contribution is -2.42. The molecule has 0 radical (unpaired) electrons. The molecule has 0 bridgehead atoms. The normalized spacial score (nSPS) is 18.4. The summed E-state index contributed by atoms with van der Waals surface area (Å²) in [6.07, 6.45) is 3.40. The van der Waals surface area contributed by atoms with Crippen LogP contribution in [0.5, 0.6) is 0 Å². The summed E-state index contributed by atoms with van der Waals surface area (Å²) in [6, 6.07) is 0. The average molecular weight is 429 g/mol. The number of likely N-dealkylation sites (N-methyl/N-ethyl adjacent to an activating group) is 1. The first-order valence-corrected chi connectivity index (χ1v) is 11.3. The molecule has 1 fully saturated rings. The van der Waals surface area contributed by atoms with E-state index in [0.29, 0.717) is 19.0 Å². The van der Waals surface area contributed by atoms with Crippen molar-refractivity contribution in [2.24, 2.45) is 5.92 Å². The summed E-state index contributed by atoms with van der Waals surface area (Å²) in [5.41, 5.74) is 0. The number of rotatable bonds is 11. The van der Waals surface area contributed by atoms with Crippen molar-refractivity contribution in [1.29, 1.82) is 0 Å². The molecule has 1 saturated heterocycles. The zero-order valence-corrected chi connectivity index (χ0v) is 20.2. The minimum absolute atomic E-state index is 0.0950. The molecule has 0 aliphatic carbocycles. The molecule has 2 amide bonds. The monoisotopic (exact) mass is 428 g/mol. The molecule has 0 N–H and O–H groups in total. The van der Waals surface area contributed by atoms with Gasteiger partial charge in [-0.2, -0.15) is 0 Å². The van der Waals surface area contributed by atoms with Crippen LogP contribution in [0.3, 0.4) is 0 Å². The van der Waals surface area contributed by atoms with Crippen LogP contribution in [-0.2, 0) is 9.47 Å². The van der Waals surface area contributed by atoms with E-state index in [4.69, 9.17) is 9.47 Å². The number of carbonyl (C=O) groups excluding carboxylic acids is 2. The number of carbonyl (C=O) groups is 2. The van der Waals surface area contributed by atoms with Crippen LogP contribution in [0.4, 0.5) is 9.59 Å². The van der Waals surface area contributed by atoms with E-state index in [1.165, 1.54) is 0 Å². The summed E-state index contributed by atoms with van der Waals surface area (Å²) in [6.45, 7) is 10.9. The lowest BCUT2D eigenvalue weighted by atomic mass is 9.92. The fourth-order valence-electron chi connectivity index (χ4n) is 3.72. The van der Waals surface area contributed by atoms with Crippen molar-refractivity contribution in [1.82, 2.24) is 19.6 Å². The van der Waals surface area contributed by atoms with Gasteiger partial charge in [0.25, 0.3) is 0 Å². The van der Waals surface area contributed by atoms with Gasteiger partial charge in [0.1, 0.15) is 6.10 Å². The summed E-state index contributed by atoms with van der Waals surface area (Å²) in [4.78, 5) is 32.0. The molecule has 0 spiro atoms. The van der Waals surface area contributed by atoms with Gasteiger partial charge in [-0.1, -0.05) is 0 Å². The van der Waals surface area contributed by atoms with Gasteiger partial charge in [-0.3, -0.25) is 0 Å². The highest BCUT2D eigenvalue weighted by molar-refractivity contribution is 5.67. The van der Waals surface area contributed by atoms with E-state index in [-0.39, 0.29) is 24.4 Å². The fourth-order valence-corrected chi connectivity index (χ4v) is 3.72. The predicted molar refractivity (Wildman–Crippen MR) is 120 cm³/mol. The Morgan fingerprint density at radius 2 is 1.60 bits per heavy atom. The molecular weight excluding hydrogens is 384 g/mol. The standard InChI is InChI=1S/C22H44N4O4/c1-18(2)29-21(27)25(7)14-15-26-13-8-10-20(17-26)16-19(3)30-22(28)24(6)12-9-11-23(4)5/h18-20H,8-17H2,1-7H3. The van der Waals surface area contributed by atoms with Gasteiger partial charge in [0.05, 0.1) is 6.10 Å². The van der Waals surface area contributed by atoms with Crippen molar-refractivity contribution in [3.05, 3.63) is 0 Å². The summed E-state index contributed by atoms with van der Waals surface area (Å²) >= 11 is 0. The van der Waals surface area contributed by atoms with Gasteiger partial charge in [0, 0.05) is 40.3 Å². The van der Waals surface area contributed by atoms with Crippen molar-refractivity contribution in [3.63, 3.8) is 0 Å². The van der Waals surface area contributed by atoms with Crippen LogP contribution >= 0.6 is 0 Å². The van der Waals surface area contributed by atoms with E-state index in [9.17, 15) is 9.59 Å². The predicted octanol–water partition coefficient (Wildman–Crippen LogP) is 2.97. The molecule has 2 atom stereocenters. The zero-order valence-electron chi connectivity index (χ0n) is 20.2. The smallest absolute Gasteiger partial charge is 0.409 e. The Morgan fingerprint density at radius 3 is 2.23 bits per heavy atom. The Hall–Kier alpha value is -1.54. The highest BCUT2D eigenvalue weighted by Crippen LogP contribution is 2.22. The minimum Gasteiger partial charge on any atom is -0.447 e. The van der Waals surface area contributed by atoms with E-state index in [1.807, 2.05) is 34.9 Å². The third kappa shape index (κ3) is 11.0. The van der Waals surface area contributed by atoms with Crippen LogP contribution in [0.2, 0.25) is 0 Å². The van der Waals surface area contributed by atoms with E-state index in [2.05, 4.69) is 9.80 Å². The lowest BCUT2D eigenvalue weighted by Gasteiger charge is -2.34. The summed E-state index contributed by atoms with van der Waals surface area (Å²) in [7, 11) is 7.64. The van der Waals surface area contributed by atoms with E-state index in [0.717, 1.165) is 51.9 Å². The summed E-state index contributed by atoms with van der Waals surface area (Å²) in [5, 5.41) is 0. The van der Waals surface area contributed by atoms with Crippen LogP contribution < -0.4 is 0 Å². The Bertz CT molecular complexity index is 515. The summed E-state index contributed by atoms with van der Waals surface area (Å²) in [5.74, 6) is 0.508. The van der Waals surface area contributed by atoms with Crippen LogP contribution in [0, 0.1) is 5.92 Å². The van der Waals surface area contributed by atoms with Crippen molar-refractivity contribution in [3.8, 4) is 0 Å². The first-order chi connectivity index (χ1) is 14.1. The SMILES string of the molecule is CC(C)OC(=O)N(C)CCN1CCCC(CC(C)OC(=O)N(C)CCCN(C)C)C1. The largest absolute Gasteiger partial charge is 0.447 e. The molecule has 1 heterocycles. The molecule has 8 heteroatoms. The van der Waals surface area contributed by atoms with Crippen LogP contribution in [0.25, 0.3) is 0 Å². The maximum Gasteiger partial charge on any atom is 0.409 e. The maximum atomic E-state index is 12.3. The molecule has 1 rings (SSSR count). The van der Waals surface area contributed by atoms with Crippen molar-refractivity contribution < 1.29 is 19.1 Å². The highest BCUT2D eigenvalue weighted by Gasteiger charge is 2.24. The summed E-state index contributed by atoms with van der Waals surface area (Å²) < 4.78 is 10.9. The van der Waals surface area contributed by atoms with Crippen molar-refractivity contribution in [2.45, 2.75) is 58.7 Å². The third-order valence-electron chi connectivity index (χ3n) is 5.38. The Kier molecular flexibility index (Phi) is 12.1. The number of hydrogen-bond donors (Lipinski definition) is 0. The van der Waals surface area contributed by atoms with Crippen molar-refractivity contribution in [2.75, 3.05) is 67.5 Å². The van der Waals surface area contributed by atoms with Crippen molar-refractivity contribution >= 4 is 12.2 Å². The van der Waals surface area contributed by atoms with Crippen LogP contribution in [0.1, 0.15) is 46.5 Å². The van der Waals surface area contributed by atoms with E-state index >= 15 is 0 Å². The second-order valence-corrected chi connectivity index (χ2v) is 9.17. The zero-order chi connectivity index (χ0) is 22.7. The van der Waals surface area contributed by atoms with Gasteiger partial charge >= 0.3 is 12.2 Å². The first-order valence-electron chi connectivity index (χ1n) is 11.3. The number of hydrogen-bond acceptors (Lipinski definition) is 6. The number of ether oxygens (including phenoxy) is 2. The molecular formula is C22H44N4O4. The van der Waals surface area contributed by atoms with Gasteiger partial charge in [0.2, 0.25) is 0 Å². The van der Waals surface area contributed by atoms with Gasteiger partial charge in [-0.25, -0.2) is 9.59 Å². The Morgan fingerprint density at radius 1 is 0.967 bits per heavy atom. The Balaban J connectivity index is 2.32. The first kappa shape index (κ1) is 26.5. The van der Waals surface area contributed by atoms with E-state index < -0.39 is 0 Å². The van der Waals surface area contributed by atoms with Gasteiger partial charge in [-0.15, -0.1) is 0 Å². The minimum atomic E-state index is -0.270. The lowest BCUT2D eigenvalue weighted by molar-refractivity contribution is 0.0523. The Labute approximate surface area is 183 Å². The molecule has 176 valence electrons. The molecule has 1 aliphatic rings. The van der Waals surface area contributed by atoms with Gasteiger partial charge < -0.3 is 29.1 Å². The van der Waals surface area contributed by atoms with Crippen LogP contribution in [0.15, 0.2) is 0 Å². The number of nitrogens with zero attached hydrogens (tertiary/aromatic N) is 4. The molecule has 8 nitrogen and oxygen atoms in total. The second kappa shape index (κ2) is 13.7. The van der Waals surface area contributed by atoms with Gasteiger partial charge in [-0.05, 0) is 79.6 Å². The van der Waals surface area contributed by atoms with E-state index in [1.54, 1.807) is 23.9 Å². The highest BCUT2D eigenvalue weighted by atomic mass is 16.6. The topological polar surface area (TPSA) is 65.6 Å². The molecule has 0 saturated carbocycles. The molecule has 0 aromatic heterocycles. The second-order valence-electron chi connectivity index (χ2n) is 9.17. The maximum absolute atomic E-state index is 12.3. The number of amides is 2. The quantitative estimate of drug-likeness (QED) is 0.504. The van der Waals surface area contributed by atoms with Crippen LogP contribution in [-0.4, -0.2) is 111 Å². The average Bonchev–Trinajstić information content (AvgIpc) is 2.65. The number of piperidine rings is 1. The molecule has 0 aromatic rings. The van der Waals surface area contributed by atoms with Gasteiger partial charge in [0.15, 0.2) is 0 Å². The fraction of sp³-hybridized carbons (Fsp3) is 0.909. The molecule has 0 aromatic carbocycles. The third-order valence-corrected chi connectivity index (χ3v) is 5.38. The molecule has 2 unspecified atom stereocenters.